The molecule has 148 valence electrons. The van der Waals surface area contributed by atoms with Gasteiger partial charge in [-0.3, -0.25) is 9.69 Å². The number of amides is 3. The van der Waals surface area contributed by atoms with Crippen LogP contribution in [-0.2, 0) is 9.53 Å². The van der Waals surface area contributed by atoms with Crippen molar-refractivity contribution in [2.75, 3.05) is 13.6 Å². The van der Waals surface area contributed by atoms with Crippen LogP contribution >= 0.6 is 0 Å². The van der Waals surface area contributed by atoms with Gasteiger partial charge in [0.15, 0.2) is 0 Å². The first-order chi connectivity index (χ1) is 12.1. The van der Waals surface area contributed by atoms with Gasteiger partial charge in [0.05, 0.1) is 0 Å². The van der Waals surface area contributed by atoms with E-state index in [0.29, 0.717) is 13.0 Å². The van der Waals surface area contributed by atoms with Crippen molar-refractivity contribution in [1.29, 1.82) is 0 Å². The molecule has 0 unspecified atom stereocenters. The monoisotopic (exact) mass is 369 g/mol. The molecule has 0 aromatic carbocycles. The Morgan fingerprint density at radius 2 is 1.73 bits per heavy atom. The minimum Gasteiger partial charge on any atom is -0.465 e. The number of rotatable bonds is 3. The zero-order chi connectivity index (χ0) is 19.5. The Morgan fingerprint density at radius 1 is 1.12 bits per heavy atom. The van der Waals surface area contributed by atoms with Crippen molar-refractivity contribution in [3.05, 3.63) is 0 Å². The molecule has 1 aliphatic carbocycles. The molecule has 1 atom stereocenters. The summed E-state index contributed by atoms with van der Waals surface area (Å²) in [7, 11) is 1.76. The van der Waals surface area contributed by atoms with Gasteiger partial charge in [-0.2, -0.15) is 0 Å². The molecule has 0 aromatic rings. The Hall–Kier alpha value is -1.99. The molecule has 2 fully saturated rings. The predicted octanol–water partition coefficient (Wildman–Crippen LogP) is 2.42. The highest BCUT2D eigenvalue weighted by Crippen LogP contribution is 2.26. The van der Waals surface area contributed by atoms with E-state index in [1.165, 1.54) is 4.90 Å². The van der Waals surface area contributed by atoms with Gasteiger partial charge in [-0.25, -0.2) is 9.59 Å². The summed E-state index contributed by atoms with van der Waals surface area (Å²) < 4.78 is 5.28. The number of carboxylic acid groups (broad SMARTS) is 1. The fraction of sp³-hybridized carbons (Fsp3) is 0.833. The second kappa shape index (κ2) is 8.14. The summed E-state index contributed by atoms with van der Waals surface area (Å²) in [4.78, 5) is 38.8. The van der Waals surface area contributed by atoms with Crippen LogP contribution in [0.5, 0.6) is 0 Å². The maximum atomic E-state index is 12.7. The van der Waals surface area contributed by atoms with Crippen molar-refractivity contribution >= 4 is 18.1 Å². The summed E-state index contributed by atoms with van der Waals surface area (Å²) in [5.41, 5.74) is -0.523. The minimum atomic E-state index is -1.03. The smallest absolute Gasteiger partial charge is 0.407 e. The van der Waals surface area contributed by atoms with Crippen molar-refractivity contribution in [2.24, 2.45) is 0 Å². The lowest BCUT2D eigenvalue weighted by atomic mass is 9.90. The van der Waals surface area contributed by atoms with E-state index in [2.05, 4.69) is 5.32 Å². The van der Waals surface area contributed by atoms with Gasteiger partial charge < -0.3 is 20.1 Å². The zero-order valence-corrected chi connectivity index (χ0v) is 16.2. The number of ether oxygens (including phenoxy) is 1. The van der Waals surface area contributed by atoms with Gasteiger partial charge in [0, 0.05) is 25.7 Å². The Morgan fingerprint density at radius 3 is 2.27 bits per heavy atom. The van der Waals surface area contributed by atoms with Crippen LogP contribution in [0.3, 0.4) is 0 Å². The van der Waals surface area contributed by atoms with Gasteiger partial charge in [-0.1, -0.05) is 0 Å². The number of nitrogens with zero attached hydrogens (tertiary/aromatic N) is 2. The van der Waals surface area contributed by atoms with E-state index in [1.807, 2.05) is 20.8 Å². The first-order valence-electron chi connectivity index (χ1n) is 9.34. The van der Waals surface area contributed by atoms with Crippen molar-refractivity contribution < 1.29 is 24.2 Å². The molecule has 2 aliphatic rings. The molecule has 1 saturated heterocycles. The van der Waals surface area contributed by atoms with Crippen LogP contribution in [0.4, 0.5) is 9.59 Å². The number of carbonyl (C=O) groups excluding carboxylic acids is 2. The van der Waals surface area contributed by atoms with Crippen LogP contribution in [-0.4, -0.2) is 70.3 Å². The predicted molar refractivity (Wildman–Crippen MR) is 95.9 cm³/mol. The second-order valence-corrected chi connectivity index (χ2v) is 8.23. The lowest BCUT2D eigenvalue weighted by molar-refractivity contribution is -0.137. The highest BCUT2D eigenvalue weighted by molar-refractivity contribution is 5.86. The van der Waals surface area contributed by atoms with Crippen LogP contribution in [0, 0.1) is 0 Å². The molecule has 1 heterocycles. The van der Waals surface area contributed by atoms with Crippen molar-refractivity contribution in [3.63, 3.8) is 0 Å². The molecule has 8 heteroatoms. The Bertz CT molecular complexity index is 537. The quantitative estimate of drug-likeness (QED) is 0.796. The molecule has 26 heavy (non-hydrogen) atoms. The van der Waals surface area contributed by atoms with Crippen LogP contribution in [0.2, 0.25) is 0 Å². The van der Waals surface area contributed by atoms with E-state index in [0.717, 1.165) is 32.1 Å². The summed E-state index contributed by atoms with van der Waals surface area (Å²) in [5.74, 6) is -0.117. The van der Waals surface area contributed by atoms with E-state index in [4.69, 9.17) is 4.74 Å². The zero-order valence-electron chi connectivity index (χ0n) is 16.2. The molecule has 0 aromatic heterocycles. The first-order valence-corrected chi connectivity index (χ1v) is 9.34. The van der Waals surface area contributed by atoms with Gasteiger partial charge in [0.2, 0.25) is 5.91 Å². The molecule has 1 aliphatic heterocycles. The fourth-order valence-corrected chi connectivity index (χ4v) is 3.75. The molecule has 0 spiro atoms. The van der Waals surface area contributed by atoms with E-state index in [-0.39, 0.29) is 18.0 Å². The summed E-state index contributed by atoms with van der Waals surface area (Å²) >= 11 is 0. The molecule has 8 nitrogen and oxygen atoms in total. The number of carbonyl (C=O) groups is 3. The Balaban J connectivity index is 1.82. The molecule has 3 amide bonds. The standard InChI is InChI=1S/C18H31N3O5/c1-18(2,3)26-16(23)19-12-7-9-13(10-8-12)20(4)15(22)14-6-5-11-21(14)17(24)25/h12-14H,5-11H2,1-4H3,(H,19,23)(H,24,25)/t12?,13?,14-/m0/s1. The molecule has 2 N–H and O–H groups in total. The third-order valence-electron chi connectivity index (χ3n) is 5.10. The topological polar surface area (TPSA) is 99.2 Å². The molecule has 1 saturated carbocycles. The average molecular weight is 369 g/mol. The van der Waals surface area contributed by atoms with Crippen molar-refractivity contribution in [3.8, 4) is 0 Å². The maximum absolute atomic E-state index is 12.7. The number of nitrogens with one attached hydrogen (secondary N) is 1. The SMILES string of the molecule is CN(C(=O)[C@@H]1CCCN1C(=O)O)C1CCC(NC(=O)OC(C)(C)C)CC1. The third-order valence-corrected chi connectivity index (χ3v) is 5.10. The van der Waals surface area contributed by atoms with Crippen molar-refractivity contribution in [2.45, 2.75) is 83.0 Å². The second-order valence-electron chi connectivity index (χ2n) is 8.23. The van der Waals surface area contributed by atoms with Gasteiger partial charge in [0.25, 0.3) is 0 Å². The van der Waals surface area contributed by atoms with E-state index in [1.54, 1.807) is 11.9 Å². The summed E-state index contributed by atoms with van der Waals surface area (Å²) in [6.45, 7) is 5.90. The lowest BCUT2D eigenvalue weighted by Crippen LogP contribution is -2.51. The Labute approximate surface area is 154 Å². The number of likely N-dealkylation sites (N-methyl/N-ethyl adjacent to an activating group) is 1. The van der Waals surface area contributed by atoms with Crippen molar-refractivity contribution in [1.82, 2.24) is 15.1 Å². The number of alkyl carbamates (subject to hydrolysis) is 1. The summed E-state index contributed by atoms with van der Waals surface area (Å²) in [6, 6.07) is -0.433. The molecule has 2 rings (SSSR count). The number of likely N-dealkylation sites (tertiary alicyclic amines) is 1. The van der Waals surface area contributed by atoms with E-state index >= 15 is 0 Å². The van der Waals surface area contributed by atoms with Crippen LogP contribution in [0.15, 0.2) is 0 Å². The average Bonchev–Trinajstić information content (AvgIpc) is 3.02. The van der Waals surface area contributed by atoms with Crippen LogP contribution in [0.1, 0.15) is 59.3 Å². The summed E-state index contributed by atoms with van der Waals surface area (Å²) in [6.07, 6.45) is 2.98. The maximum Gasteiger partial charge on any atom is 0.407 e. The number of hydrogen-bond donors (Lipinski definition) is 2. The third kappa shape index (κ3) is 5.25. The largest absolute Gasteiger partial charge is 0.465 e. The highest BCUT2D eigenvalue weighted by Gasteiger charge is 2.38. The summed E-state index contributed by atoms with van der Waals surface area (Å²) in [5, 5.41) is 12.1. The molecule has 0 radical (unpaired) electrons. The lowest BCUT2D eigenvalue weighted by Gasteiger charge is -2.37. The molecule has 0 bridgehead atoms. The Kier molecular flexibility index (Phi) is 6.36. The van der Waals surface area contributed by atoms with Crippen LogP contribution < -0.4 is 5.32 Å². The highest BCUT2D eigenvalue weighted by atomic mass is 16.6. The van der Waals surface area contributed by atoms with Gasteiger partial charge in [0.1, 0.15) is 11.6 Å². The normalized spacial score (nSPS) is 26.3. The molecular weight excluding hydrogens is 338 g/mol. The van der Waals surface area contributed by atoms with Gasteiger partial charge >= 0.3 is 12.2 Å². The van der Waals surface area contributed by atoms with E-state index in [9.17, 15) is 19.5 Å². The van der Waals surface area contributed by atoms with Crippen LogP contribution in [0.25, 0.3) is 0 Å². The number of hydrogen-bond acceptors (Lipinski definition) is 4. The first kappa shape index (κ1) is 20.3. The van der Waals surface area contributed by atoms with E-state index < -0.39 is 23.8 Å². The minimum absolute atomic E-state index is 0.0478. The fourth-order valence-electron chi connectivity index (χ4n) is 3.75. The molecular formula is C18H31N3O5. The van der Waals surface area contributed by atoms with Gasteiger partial charge in [-0.05, 0) is 59.3 Å². The van der Waals surface area contributed by atoms with Gasteiger partial charge in [-0.15, -0.1) is 0 Å².